The molecule has 2 heterocycles. The number of rotatable bonds is 7. The Labute approximate surface area is 209 Å². The Morgan fingerprint density at radius 2 is 1.81 bits per heavy atom. The highest BCUT2D eigenvalue weighted by Gasteiger charge is 2.19. The molecule has 0 saturated carbocycles. The maximum absolute atomic E-state index is 14.9. The van der Waals surface area contributed by atoms with Crippen LogP contribution in [0.1, 0.15) is 12.5 Å². The van der Waals surface area contributed by atoms with Gasteiger partial charge >= 0.3 is 0 Å². The van der Waals surface area contributed by atoms with E-state index in [4.69, 9.17) is 0 Å². The highest BCUT2D eigenvalue weighted by atomic mass is 19.1. The van der Waals surface area contributed by atoms with E-state index in [-0.39, 0.29) is 23.5 Å². The lowest BCUT2D eigenvalue weighted by molar-refractivity contribution is -0.129. The fraction of sp³-hybridized carbons (Fsp3) is 0.231. The molecule has 0 atom stereocenters. The van der Waals surface area contributed by atoms with E-state index >= 15 is 0 Å². The van der Waals surface area contributed by atoms with Gasteiger partial charge < -0.3 is 25.8 Å². The molecule has 1 aliphatic heterocycles. The zero-order valence-electron chi connectivity index (χ0n) is 20.2. The molecule has 9 nitrogen and oxygen atoms in total. The van der Waals surface area contributed by atoms with Crippen LogP contribution >= 0.6 is 0 Å². The van der Waals surface area contributed by atoms with E-state index in [1.807, 2.05) is 19.1 Å². The molecule has 36 heavy (non-hydrogen) atoms. The number of anilines is 6. The number of carbonyl (C=O) groups excluding carboxylic acids is 2. The van der Waals surface area contributed by atoms with Gasteiger partial charge in [-0.3, -0.25) is 9.59 Å². The summed E-state index contributed by atoms with van der Waals surface area (Å²) in [7, 11) is 0. The van der Waals surface area contributed by atoms with Gasteiger partial charge in [-0.05, 0) is 49.4 Å². The molecular formula is C26H28FN7O2. The Kier molecular flexibility index (Phi) is 7.43. The van der Waals surface area contributed by atoms with Crippen LogP contribution in [0.2, 0.25) is 0 Å². The van der Waals surface area contributed by atoms with Crippen LogP contribution in [0.4, 0.5) is 38.9 Å². The fourth-order valence-corrected chi connectivity index (χ4v) is 3.84. The normalized spacial score (nSPS) is 13.2. The van der Waals surface area contributed by atoms with Crippen LogP contribution in [-0.2, 0) is 9.59 Å². The van der Waals surface area contributed by atoms with Crippen LogP contribution in [0.5, 0.6) is 0 Å². The summed E-state index contributed by atoms with van der Waals surface area (Å²) in [5.74, 6) is 0.106. The van der Waals surface area contributed by atoms with Crippen LogP contribution < -0.4 is 20.9 Å². The van der Waals surface area contributed by atoms with E-state index in [0.29, 0.717) is 43.4 Å². The zero-order chi connectivity index (χ0) is 25.7. The summed E-state index contributed by atoms with van der Waals surface area (Å²) in [4.78, 5) is 35.7. The van der Waals surface area contributed by atoms with Gasteiger partial charge in [0.05, 0.1) is 5.69 Å². The first-order chi connectivity index (χ1) is 17.3. The lowest BCUT2D eigenvalue weighted by Gasteiger charge is -2.35. The van der Waals surface area contributed by atoms with Crippen LogP contribution in [0.3, 0.4) is 0 Å². The summed E-state index contributed by atoms with van der Waals surface area (Å²) in [6.07, 6.45) is 2.84. The third kappa shape index (κ3) is 5.96. The van der Waals surface area contributed by atoms with Crippen LogP contribution in [0.15, 0.2) is 61.3 Å². The molecule has 3 aromatic rings. The minimum Gasteiger partial charge on any atom is -0.368 e. The van der Waals surface area contributed by atoms with Crippen molar-refractivity contribution in [3.8, 4) is 0 Å². The van der Waals surface area contributed by atoms with Gasteiger partial charge in [0.1, 0.15) is 11.6 Å². The Morgan fingerprint density at radius 1 is 1.06 bits per heavy atom. The van der Waals surface area contributed by atoms with Crippen molar-refractivity contribution in [3.05, 3.63) is 72.7 Å². The molecule has 10 heteroatoms. The predicted molar refractivity (Wildman–Crippen MR) is 139 cm³/mol. The van der Waals surface area contributed by atoms with Gasteiger partial charge in [-0.1, -0.05) is 12.6 Å². The number of hydrogen-bond donors (Lipinski definition) is 3. The summed E-state index contributed by atoms with van der Waals surface area (Å²) in [6, 6.07) is 12.1. The summed E-state index contributed by atoms with van der Waals surface area (Å²) >= 11 is 0. The van der Waals surface area contributed by atoms with Crippen molar-refractivity contribution in [3.63, 3.8) is 0 Å². The number of halogens is 1. The van der Waals surface area contributed by atoms with Crippen molar-refractivity contribution in [2.75, 3.05) is 47.0 Å². The average molecular weight is 490 g/mol. The number of amides is 2. The first-order valence-electron chi connectivity index (χ1n) is 11.5. The second kappa shape index (κ2) is 10.9. The molecule has 1 aliphatic rings. The number of carbonyl (C=O) groups is 2. The summed E-state index contributed by atoms with van der Waals surface area (Å²) in [5, 5.41) is 8.87. The van der Waals surface area contributed by atoms with Crippen LogP contribution in [-0.4, -0.2) is 52.9 Å². The molecule has 1 saturated heterocycles. The second-order valence-electron chi connectivity index (χ2n) is 8.41. The number of nitrogens with one attached hydrogen (secondary N) is 3. The third-order valence-corrected chi connectivity index (χ3v) is 5.84. The van der Waals surface area contributed by atoms with Crippen molar-refractivity contribution in [2.45, 2.75) is 13.8 Å². The molecule has 1 aromatic heterocycles. The minimum atomic E-state index is -0.425. The Bertz CT molecular complexity index is 1290. The van der Waals surface area contributed by atoms with E-state index in [0.717, 1.165) is 11.3 Å². The van der Waals surface area contributed by atoms with Crippen molar-refractivity contribution < 1.29 is 14.0 Å². The topological polar surface area (TPSA) is 102 Å². The lowest BCUT2D eigenvalue weighted by Crippen LogP contribution is -2.48. The SMILES string of the molecule is C=CC(=O)Nc1cccc(Nc2nc(Nc3ccc(N4CCN(C(C)=O)CC4)cc3F)ncc2C)c1. The van der Waals surface area contributed by atoms with Gasteiger partial charge in [0.15, 0.2) is 0 Å². The van der Waals surface area contributed by atoms with E-state index in [2.05, 4.69) is 37.4 Å². The van der Waals surface area contributed by atoms with Crippen LogP contribution in [0, 0.1) is 12.7 Å². The van der Waals surface area contributed by atoms with Gasteiger partial charge in [0.25, 0.3) is 0 Å². The highest BCUT2D eigenvalue weighted by molar-refractivity contribution is 5.99. The number of benzene rings is 2. The zero-order valence-corrected chi connectivity index (χ0v) is 20.2. The Morgan fingerprint density at radius 3 is 2.50 bits per heavy atom. The number of nitrogens with zero attached hydrogens (tertiary/aromatic N) is 4. The van der Waals surface area contributed by atoms with E-state index in [1.54, 1.807) is 42.3 Å². The van der Waals surface area contributed by atoms with Crippen LogP contribution in [0.25, 0.3) is 0 Å². The molecule has 0 radical (unpaired) electrons. The number of piperazine rings is 1. The standard InChI is InChI=1S/C26H28FN7O2/c1-4-24(36)29-19-6-5-7-20(14-19)30-25-17(2)16-28-26(32-25)31-23-9-8-21(15-22(23)27)34-12-10-33(11-13-34)18(3)35/h4-9,14-16H,1,10-13H2,2-3H3,(H,29,36)(H2,28,30,31,32). The fourth-order valence-electron chi connectivity index (χ4n) is 3.84. The minimum absolute atomic E-state index is 0.0551. The second-order valence-corrected chi connectivity index (χ2v) is 8.41. The molecule has 186 valence electrons. The molecule has 4 rings (SSSR count). The quantitative estimate of drug-likeness (QED) is 0.428. The monoisotopic (exact) mass is 489 g/mol. The molecular weight excluding hydrogens is 461 g/mol. The molecule has 0 bridgehead atoms. The molecule has 0 unspecified atom stereocenters. The number of aryl methyl sites for hydroxylation is 1. The number of hydrogen-bond acceptors (Lipinski definition) is 7. The van der Waals surface area contributed by atoms with Crippen molar-refractivity contribution in [2.24, 2.45) is 0 Å². The summed E-state index contributed by atoms with van der Waals surface area (Å²) < 4.78 is 14.9. The highest BCUT2D eigenvalue weighted by Crippen LogP contribution is 2.27. The van der Waals surface area contributed by atoms with E-state index < -0.39 is 5.82 Å². The first-order valence-corrected chi connectivity index (χ1v) is 11.5. The maximum atomic E-state index is 14.9. The first kappa shape index (κ1) is 24.6. The van der Waals surface area contributed by atoms with Gasteiger partial charge in [0.2, 0.25) is 17.8 Å². The summed E-state index contributed by atoms with van der Waals surface area (Å²) in [5.41, 5.74) is 3.13. The molecule has 2 aromatic carbocycles. The Balaban J connectivity index is 1.45. The van der Waals surface area contributed by atoms with E-state index in [9.17, 15) is 14.0 Å². The van der Waals surface area contributed by atoms with Crippen molar-refractivity contribution >= 4 is 46.3 Å². The van der Waals surface area contributed by atoms with Crippen molar-refractivity contribution in [1.82, 2.24) is 14.9 Å². The van der Waals surface area contributed by atoms with Crippen molar-refractivity contribution in [1.29, 1.82) is 0 Å². The average Bonchev–Trinajstić information content (AvgIpc) is 2.87. The molecule has 3 N–H and O–H groups in total. The Hall–Kier alpha value is -4.47. The predicted octanol–water partition coefficient (Wildman–Crippen LogP) is 4.20. The van der Waals surface area contributed by atoms with Gasteiger partial charge in [-0.15, -0.1) is 0 Å². The molecule has 0 aliphatic carbocycles. The van der Waals surface area contributed by atoms with E-state index in [1.165, 1.54) is 12.1 Å². The summed E-state index contributed by atoms with van der Waals surface area (Å²) in [6.45, 7) is 9.41. The molecule has 1 fully saturated rings. The largest absolute Gasteiger partial charge is 0.368 e. The maximum Gasteiger partial charge on any atom is 0.247 e. The third-order valence-electron chi connectivity index (χ3n) is 5.84. The van der Waals surface area contributed by atoms with Gasteiger partial charge in [0, 0.05) is 61.9 Å². The molecule has 2 amide bonds. The number of aromatic nitrogens is 2. The van der Waals surface area contributed by atoms with Gasteiger partial charge in [-0.2, -0.15) is 4.98 Å². The smallest absolute Gasteiger partial charge is 0.247 e. The molecule has 0 spiro atoms. The lowest BCUT2D eigenvalue weighted by atomic mass is 10.2. The van der Waals surface area contributed by atoms with Gasteiger partial charge in [-0.25, -0.2) is 9.37 Å².